The number of amides is 4. The first-order chi connectivity index (χ1) is 23.9. The summed E-state index contributed by atoms with van der Waals surface area (Å²) >= 11 is 7.77. The van der Waals surface area contributed by atoms with Gasteiger partial charge in [0.25, 0.3) is 5.91 Å². The predicted octanol–water partition coefficient (Wildman–Crippen LogP) is 4.76. The van der Waals surface area contributed by atoms with Gasteiger partial charge in [0.05, 0.1) is 24.0 Å². The maximum absolute atomic E-state index is 14.6. The highest BCUT2D eigenvalue weighted by molar-refractivity contribution is 7.91. The first-order valence-electron chi connectivity index (χ1n) is 17.6. The number of aromatic nitrogens is 1. The molecule has 0 spiro atoms. The average molecular weight is 763 g/mol. The van der Waals surface area contributed by atoms with E-state index in [9.17, 15) is 27.6 Å². The van der Waals surface area contributed by atoms with Crippen LogP contribution in [0.5, 0.6) is 0 Å². The number of sulfonamides is 1. The highest BCUT2D eigenvalue weighted by Gasteiger charge is 2.62. The first kappa shape index (κ1) is 37.3. The predicted molar refractivity (Wildman–Crippen MR) is 194 cm³/mol. The molecule has 2 aliphatic heterocycles. The summed E-state index contributed by atoms with van der Waals surface area (Å²) in [5.74, 6) is -1.84. The molecule has 2 aromatic rings. The third-order valence-corrected chi connectivity index (χ3v) is 13.3. The fourth-order valence-corrected chi connectivity index (χ4v) is 9.47. The fourth-order valence-electron chi connectivity index (χ4n) is 6.95. The molecule has 3 fully saturated rings. The number of carbonyl (C=O) groups excluding carboxylic acids is 4. The number of carbonyl (C=O) groups is 4. The molecule has 3 N–H and O–H groups in total. The van der Waals surface area contributed by atoms with Crippen LogP contribution in [-0.4, -0.2) is 82.5 Å². The van der Waals surface area contributed by atoms with Crippen LogP contribution in [0.4, 0.5) is 9.93 Å². The van der Waals surface area contributed by atoms with E-state index in [0.29, 0.717) is 36.0 Å². The molecule has 5 atom stereocenters. The maximum atomic E-state index is 14.6. The molecular formula is C35H47ClN6O7S2. The van der Waals surface area contributed by atoms with Gasteiger partial charge in [-0.2, -0.15) is 0 Å². The Bertz CT molecular complexity index is 1820. The van der Waals surface area contributed by atoms with Crippen molar-refractivity contribution in [3.63, 3.8) is 0 Å². The fraction of sp³-hybridized carbons (Fsp3) is 0.629. The zero-order chi connectivity index (χ0) is 37.0. The van der Waals surface area contributed by atoms with Gasteiger partial charge in [0, 0.05) is 23.4 Å². The Balaban J connectivity index is 1.24. The molecule has 278 valence electrons. The molecule has 2 saturated carbocycles. The number of ether oxygens (including phenoxy) is 1. The number of anilines is 1. The lowest BCUT2D eigenvalue weighted by Crippen LogP contribution is -2.58. The van der Waals surface area contributed by atoms with Crippen molar-refractivity contribution < 1.29 is 32.3 Å². The minimum Gasteiger partial charge on any atom is -0.444 e. The lowest BCUT2D eigenvalue weighted by atomic mass is 9.85. The molecule has 2 aliphatic carbocycles. The molecule has 51 heavy (non-hydrogen) atoms. The van der Waals surface area contributed by atoms with Gasteiger partial charge >= 0.3 is 6.09 Å². The molecule has 13 nitrogen and oxygen atoms in total. The van der Waals surface area contributed by atoms with Gasteiger partial charge in [0.1, 0.15) is 23.7 Å². The topological polar surface area (TPSA) is 167 Å². The Morgan fingerprint density at radius 1 is 1.16 bits per heavy atom. The van der Waals surface area contributed by atoms with E-state index in [1.165, 1.54) is 21.1 Å². The molecule has 4 aliphatic rings. The SMILES string of the molecule is CC[C@@H]1C[C@]1(NC(=O)[C@@H]1CC(OC(=O)N2Cc3cccc(Cl)c3C2)CN1C(=O)[C@@H](Nc1nc(C(C)C)cs1)C(C)(C)C)C(=O)NS(=O)(=O)C1CC1. The molecular weight excluding hydrogens is 716 g/mol. The smallest absolute Gasteiger partial charge is 0.410 e. The van der Waals surface area contributed by atoms with Crippen LogP contribution >= 0.6 is 22.9 Å². The minimum atomic E-state index is -3.85. The largest absolute Gasteiger partial charge is 0.444 e. The van der Waals surface area contributed by atoms with E-state index in [4.69, 9.17) is 16.3 Å². The average Bonchev–Trinajstić information content (AvgIpc) is 3.86. The zero-order valence-electron chi connectivity index (χ0n) is 29.8. The minimum absolute atomic E-state index is 0.00860. The number of benzene rings is 1. The molecule has 3 heterocycles. The lowest BCUT2D eigenvalue weighted by Gasteiger charge is -2.35. The van der Waals surface area contributed by atoms with Crippen molar-refractivity contribution in [1.82, 2.24) is 24.8 Å². The van der Waals surface area contributed by atoms with E-state index in [2.05, 4.69) is 20.3 Å². The lowest BCUT2D eigenvalue weighted by molar-refractivity contribution is -0.141. The number of halogens is 1. The normalized spacial score (nSPS) is 25.0. The van der Waals surface area contributed by atoms with Crippen molar-refractivity contribution in [1.29, 1.82) is 0 Å². The standard InChI is InChI=1S/C35H47ClN6O7S2/c1-7-21-14-35(21,31(45)40-51(47,48)23-11-12-23)39-29(43)27-13-22(49-33(46)41-15-20-9-8-10-25(36)24(20)17-41)16-42(27)30(44)28(34(4,5)6)38-32-37-26(18-50-32)19(2)3/h8-10,18-19,21-23,27-28H,7,11-17H2,1-6H3,(H,37,38)(H,39,43)(H,40,45)/t21-,22?,27+,28-,35-/m1/s1. The van der Waals surface area contributed by atoms with Crippen molar-refractivity contribution in [3.05, 3.63) is 45.4 Å². The van der Waals surface area contributed by atoms with Gasteiger partial charge in [-0.05, 0) is 53.7 Å². The number of rotatable bonds is 11. The number of likely N-dealkylation sites (tertiary alicyclic amines) is 1. The van der Waals surface area contributed by atoms with Gasteiger partial charge in [-0.3, -0.25) is 24.0 Å². The van der Waals surface area contributed by atoms with Crippen LogP contribution < -0.4 is 15.4 Å². The molecule has 0 bridgehead atoms. The summed E-state index contributed by atoms with van der Waals surface area (Å²) in [5.41, 5.74) is 0.609. The monoisotopic (exact) mass is 762 g/mol. The van der Waals surface area contributed by atoms with Crippen LogP contribution in [0.15, 0.2) is 23.6 Å². The Morgan fingerprint density at radius 2 is 1.88 bits per heavy atom. The molecule has 1 aromatic heterocycles. The number of fused-ring (bicyclic) bond motifs is 1. The van der Waals surface area contributed by atoms with E-state index in [-0.39, 0.29) is 43.7 Å². The van der Waals surface area contributed by atoms with Crippen LogP contribution in [0.2, 0.25) is 5.02 Å². The summed E-state index contributed by atoms with van der Waals surface area (Å²) in [6, 6.07) is 3.59. The quantitative estimate of drug-likeness (QED) is 0.293. The number of nitrogens with zero attached hydrogens (tertiary/aromatic N) is 3. The van der Waals surface area contributed by atoms with Crippen molar-refractivity contribution in [2.45, 2.75) is 122 Å². The van der Waals surface area contributed by atoms with Crippen LogP contribution in [0.1, 0.15) is 96.4 Å². The summed E-state index contributed by atoms with van der Waals surface area (Å²) in [5, 5.41) is 8.63. The van der Waals surface area contributed by atoms with Crippen molar-refractivity contribution >= 4 is 61.9 Å². The van der Waals surface area contributed by atoms with Crippen LogP contribution in [-0.2, 0) is 42.2 Å². The Morgan fingerprint density at radius 3 is 2.47 bits per heavy atom. The second-order valence-electron chi connectivity index (χ2n) is 15.6. The Labute approximate surface area is 308 Å². The Kier molecular flexibility index (Phi) is 10.1. The highest BCUT2D eigenvalue weighted by atomic mass is 35.5. The number of hydrogen-bond donors (Lipinski definition) is 3. The van der Waals surface area contributed by atoms with E-state index in [1.807, 2.05) is 59.1 Å². The summed E-state index contributed by atoms with van der Waals surface area (Å²) in [6.07, 6.45) is 0.346. The van der Waals surface area contributed by atoms with E-state index >= 15 is 0 Å². The molecule has 4 amide bonds. The summed E-state index contributed by atoms with van der Waals surface area (Å²) in [4.78, 5) is 63.4. The maximum Gasteiger partial charge on any atom is 0.410 e. The number of hydrogen-bond acceptors (Lipinski definition) is 10. The zero-order valence-corrected chi connectivity index (χ0v) is 32.2. The molecule has 1 saturated heterocycles. The highest BCUT2D eigenvalue weighted by Crippen LogP contribution is 2.47. The summed E-state index contributed by atoms with van der Waals surface area (Å²) in [6.45, 7) is 12.2. The Hall–Kier alpha value is -3.43. The van der Waals surface area contributed by atoms with Gasteiger partial charge in [0.15, 0.2) is 5.13 Å². The number of thiazole rings is 1. The van der Waals surface area contributed by atoms with Gasteiger partial charge < -0.3 is 20.3 Å². The second-order valence-corrected chi connectivity index (χ2v) is 18.8. The van der Waals surface area contributed by atoms with Crippen LogP contribution in [0, 0.1) is 11.3 Å². The molecule has 16 heteroatoms. The molecule has 1 aromatic carbocycles. The van der Waals surface area contributed by atoms with Crippen molar-refractivity contribution in [3.8, 4) is 0 Å². The molecule has 0 radical (unpaired) electrons. The van der Waals surface area contributed by atoms with Crippen molar-refractivity contribution in [2.24, 2.45) is 11.3 Å². The van der Waals surface area contributed by atoms with Gasteiger partial charge in [-0.15, -0.1) is 11.3 Å². The van der Waals surface area contributed by atoms with Gasteiger partial charge in [-0.25, -0.2) is 18.2 Å². The van der Waals surface area contributed by atoms with Crippen molar-refractivity contribution in [2.75, 3.05) is 11.9 Å². The third kappa shape index (κ3) is 7.71. The van der Waals surface area contributed by atoms with Crippen LogP contribution in [0.25, 0.3) is 0 Å². The second kappa shape index (κ2) is 13.8. The van der Waals surface area contributed by atoms with E-state index < -0.39 is 62.3 Å². The van der Waals surface area contributed by atoms with E-state index in [1.54, 1.807) is 6.07 Å². The first-order valence-corrected chi connectivity index (χ1v) is 20.4. The summed E-state index contributed by atoms with van der Waals surface area (Å²) in [7, 11) is -3.85. The third-order valence-electron chi connectivity index (χ3n) is 10.3. The van der Waals surface area contributed by atoms with E-state index in [0.717, 1.165) is 16.8 Å². The molecule has 6 rings (SSSR count). The number of nitrogens with one attached hydrogen (secondary N) is 3. The van der Waals surface area contributed by atoms with Gasteiger partial charge in [-0.1, -0.05) is 71.7 Å². The van der Waals surface area contributed by atoms with Crippen LogP contribution in [0.3, 0.4) is 0 Å². The van der Waals surface area contributed by atoms with Gasteiger partial charge in [0.2, 0.25) is 21.8 Å². The summed E-state index contributed by atoms with van der Waals surface area (Å²) < 4.78 is 33.5. The molecule has 1 unspecified atom stereocenters.